The molecule has 1 aromatic carbocycles. The monoisotopic (exact) mass is 216 g/mol. The third-order valence-electron chi connectivity index (χ3n) is 3.37. The number of rotatable bonds is 4. The molecule has 1 heterocycles. The number of benzene rings is 1. The number of aromatic amines is 1. The summed E-state index contributed by atoms with van der Waals surface area (Å²) in [5, 5.41) is 1.38. The number of nitrogens with one attached hydrogen (secondary N) is 1. The second kappa shape index (κ2) is 4.71. The predicted octanol–water partition coefficient (Wildman–Crippen LogP) is 3.07. The third kappa shape index (κ3) is 1.98. The lowest BCUT2D eigenvalue weighted by Crippen LogP contribution is -1.98. The van der Waals surface area contributed by atoms with Gasteiger partial charge in [0.25, 0.3) is 0 Å². The van der Waals surface area contributed by atoms with Crippen LogP contribution in [0.3, 0.4) is 0 Å². The molecule has 0 aliphatic rings. The van der Waals surface area contributed by atoms with Crippen LogP contribution >= 0.6 is 0 Å². The zero-order chi connectivity index (χ0) is 11.5. The summed E-state index contributed by atoms with van der Waals surface area (Å²) in [5.41, 5.74) is 10.9. The summed E-state index contributed by atoms with van der Waals surface area (Å²) in [5.74, 6) is 0. The fraction of sp³-hybridized carbons (Fsp3) is 0.429. The molecule has 16 heavy (non-hydrogen) atoms. The molecule has 2 aromatic rings. The van der Waals surface area contributed by atoms with Crippen molar-refractivity contribution in [3.05, 3.63) is 35.0 Å². The minimum atomic E-state index is 0.792. The Labute approximate surface area is 96.9 Å². The molecule has 0 atom stereocenters. The van der Waals surface area contributed by atoms with Gasteiger partial charge in [0.2, 0.25) is 0 Å². The van der Waals surface area contributed by atoms with Crippen molar-refractivity contribution in [3.63, 3.8) is 0 Å². The Morgan fingerprint density at radius 2 is 2.00 bits per heavy atom. The largest absolute Gasteiger partial charge is 0.361 e. The minimum Gasteiger partial charge on any atom is -0.361 e. The highest BCUT2D eigenvalue weighted by Gasteiger charge is 2.06. The van der Waals surface area contributed by atoms with Crippen molar-refractivity contribution < 1.29 is 0 Å². The first-order chi connectivity index (χ1) is 7.74. The lowest BCUT2D eigenvalue weighted by Gasteiger charge is -2.03. The fourth-order valence-electron chi connectivity index (χ4n) is 2.17. The third-order valence-corrected chi connectivity index (χ3v) is 3.37. The predicted molar refractivity (Wildman–Crippen MR) is 69.8 cm³/mol. The van der Waals surface area contributed by atoms with Crippen molar-refractivity contribution in [2.24, 2.45) is 5.73 Å². The standard InChI is InChI=1S/C14H20N2/c1-10-6-7-13-12(5-3-4-8-15)9-16-14(13)11(10)2/h6-7,9,16H,3-5,8,15H2,1-2H3. The molecule has 0 aliphatic heterocycles. The fourth-order valence-corrected chi connectivity index (χ4v) is 2.17. The number of H-pyrrole nitrogens is 1. The van der Waals surface area contributed by atoms with Crippen LogP contribution in [0.25, 0.3) is 10.9 Å². The van der Waals surface area contributed by atoms with E-state index in [-0.39, 0.29) is 0 Å². The van der Waals surface area contributed by atoms with E-state index in [4.69, 9.17) is 5.73 Å². The van der Waals surface area contributed by atoms with E-state index >= 15 is 0 Å². The number of hydrogen-bond acceptors (Lipinski definition) is 1. The molecule has 86 valence electrons. The molecule has 0 fully saturated rings. The van der Waals surface area contributed by atoms with Crippen molar-refractivity contribution >= 4 is 10.9 Å². The van der Waals surface area contributed by atoms with Crippen molar-refractivity contribution in [3.8, 4) is 0 Å². The molecule has 2 nitrogen and oxygen atoms in total. The quantitative estimate of drug-likeness (QED) is 0.758. The summed E-state index contributed by atoms with van der Waals surface area (Å²) >= 11 is 0. The number of unbranched alkanes of at least 4 members (excludes halogenated alkanes) is 1. The van der Waals surface area contributed by atoms with Gasteiger partial charge < -0.3 is 10.7 Å². The number of fused-ring (bicyclic) bond motifs is 1. The van der Waals surface area contributed by atoms with Crippen LogP contribution in [0, 0.1) is 13.8 Å². The molecule has 0 amide bonds. The maximum atomic E-state index is 5.52. The van der Waals surface area contributed by atoms with Gasteiger partial charge in [-0.2, -0.15) is 0 Å². The van der Waals surface area contributed by atoms with E-state index in [1.165, 1.54) is 34.0 Å². The van der Waals surface area contributed by atoms with Gasteiger partial charge >= 0.3 is 0 Å². The van der Waals surface area contributed by atoms with Crippen LogP contribution in [0.15, 0.2) is 18.3 Å². The summed E-state index contributed by atoms with van der Waals surface area (Å²) in [4.78, 5) is 3.39. The van der Waals surface area contributed by atoms with Crippen molar-refractivity contribution in [1.82, 2.24) is 4.98 Å². The maximum absolute atomic E-state index is 5.52. The van der Waals surface area contributed by atoms with Crippen molar-refractivity contribution in [1.29, 1.82) is 0 Å². The van der Waals surface area contributed by atoms with E-state index in [9.17, 15) is 0 Å². The van der Waals surface area contributed by atoms with Crippen LogP contribution < -0.4 is 5.73 Å². The van der Waals surface area contributed by atoms with Gasteiger partial charge in [-0.3, -0.25) is 0 Å². The molecule has 0 radical (unpaired) electrons. The van der Waals surface area contributed by atoms with Crippen LogP contribution in [-0.2, 0) is 6.42 Å². The van der Waals surface area contributed by atoms with Gasteiger partial charge in [-0.25, -0.2) is 0 Å². The Kier molecular flexibility index (Phi) is 3.30. The van der Waals surface area contributed by atoms with Crippen LogP contribution in [0.4, 0.5) is 0 Å². The zero-order valence-electron chi connectivity index (χ0n) is 10.1. The average molecular weight is 216 g/mol. The highest BCUT2D eigenvalue weighted by atomic mass is 14.7. The molecule has 0 bridgehead atoms. The van der Waals surface area contributed by atoms with E-state index in [2.05, 4.69) is 37.2 Å². The first-order valence-electron chi connectivity index (χ1n) is 6.00. The molecule has 3 N–H and O–H groups in total. The summed E-state index contributed by atoms with van der Waals surface area (Å²) < 4.78 is 0. The van der Waals surface area contributed by atoms with Gasteiger partial charge in [-0.1, -0.05) is 12.1 Å². The van der Waals surface area contributed by atoms with Gasteiger partial charge in [0, 0.05) is 17.1 Å². The Balaban J connectivity index is 2.31. The van der Waals surface area contributed by atoms with E-state index < -0.39 is 0 Å². The molecule has 2 rings (SSSR count). The lowest BCUT2D eigenvalue weighted by molar-refractivity contribution is 0.747. The Hall–Kier alpha value is -1.28. The van der Waals surface area contributed by atoms with Gasteiger partial charge in [-0.15, -0.1) is 0 Å². The number of aryl methyl sites for hydroxylation is 3. The van der Waals surface area contributed by atoms with Crippen LogP contribution in [0.1, 0.15) is 29.5 Å². The Morgan fingerprint density at radius 1 is 1.19 bits per heavy atom. The van der Waals surface area contributed by atoms with E-state index in [0.29, 0.717) is 0 Å². The molecule has 1 aromatic heterocycles. The molecular weight excluding hydrogens is 196 g/mol. The van der Waals surface area contributed by atoms with Gasteiger partial charge in [0.05, 0.1) is 0 Å². The summed E-state index contributed by atoms with van der Waals surface area (Å²) in [7, 11) is 0. The highest BCUT2D eigenvalue weighted by Crippen LogP contribution is 2.24. The van der Waals surface area contributed by atoms with Gasteiger partial charge in [0.15, 0.2) is 0 Å². The molecule has 0 spiro atoms. The molecule has 0 unspecified atom stereocenters. The Bertz CT molecular complexity index is 483. The maximum Gasteiger partial charge on any atom is 0.0489 e. The lowest BCUT2D eigenvalue weighted by atomic mass is 10.0. The molecule has 0 aliphatic carbocycles. The molecular formula is C14H20N2. The smallest absolute Gasteiger partial charge is 0.0489 e. The average Bonchev–Trinajstić information content (AvgIpc) is 2.68. The zero-order valence-corrected chi connectivity index (χ0v) is 10.1. The van der Waals surface area contributed by atoms with E-state index in [1.54, 1.807) is 0 Å². The topological polar surface area (TPSA) is 41.8 Å². The van der Waals surface area contributed by atoms with E-state index in [0.717, 1.165) is 19.4 Å². The second-order valence-electron chi connectivity index (χ2n) is 4.49. The number of nitrogens with two attached hydrogens (primary N) is 1. The minimum absolute atomic E-state index is 0.792. The number of aromatic nitrogens is 1. The van der Waals surface area contributed by atoms with E-state index in [1.807, 2.05) is 0 Å². The van der Waals surface area contributed by atoms with Crippen LogP contribution in [-0.4, -0.2) is 11.5 Å². The first kappa shape index (κ1) is 11.2. The van der Waals surface area contributed by atoms with Gasteiger partial charge in [0.1, 0.15) is 0 Å². The molecule has 2 heteroatoms. The summed E-state index contributed by atoms with van der Waals surface area (Å²) in [6, 6.07) is 4.43. The van der Waals surface area contributed by atoms with Gasteiger partial charge in [-0.05, 0) is 56.3 Å². The molecule has 0 saturated heterocycles. The second-order valence-corrected chi connectivity index (χ2v) is 4.49. The van der Waals surface area contributed by atoms with Crippen LogP contribution in [0.2, 0.25) is 0 Å². The van der Waals surface area contributed by atoms with Crippen LogP contribution in [0.5, 0.6) is 0 Å². The normalized spacial score (nSPS) is 11.2. The summed E-state index contributed by atoms with van der Waals surface area (Å²) in [6.45, 7) is 5.13. The molecule has 0 saturated carbocycles. The first-order valence-corrected chi connectivity index (χ1v) is 6.00. The Morgan fingerprint density at radius 3 is 2.75 bits per heavy atom. The van der Waals surface area contributed by atoms with Crippen molar-refractivity contribution in [2.75, 3.05) is 6.54 Å². The SMILES string of the molecule is Cc1ccc2c(CCCCN)c[nH]c2c1C. The van der Waals surface area contributed by atoms with Crippen molar-refractivity contribution in [2.45, 2.75) is 33.1 Å². The summed E-state index contributed by atoms with van der Waals surface area (Å²) in [6.07, 6.45) is 5.56. The highest BCUT2D eigenvalue weighted by molar-refractivity contribution is 5.86. The number of hydrogen-bond donors (Lipinski definition) is 2.